The van der Waals surface area contributed by atoms with Crippen LogP contribution in [0.5, 0.6) is 0 Å². The van der Waals surface area contributed by atoms with Gasteiger partial charge < -0.3 is 10.6 Å². The highest BCUT2D eigenvalue weighted by molar-refractivity contribution is 6.08. The first-order chi connectivity index (χ1) is 32.6. The molecule has 0 saturated heterocycles. The van der Waals surface area contributed by atoms with Gasteiger partial charge in [0.25, 0.3) is 11.8 Å². The summed E-state index contributed by atoms with van der Waals surface area (Å²) >= 11 is 0. The number of rotatable bonds is 10. The van der Waals surface area contributed by atoms with Gasteiger partial charge in [-0.2, -0.15) is 0 Å². The quantitative estimate of drug-likeness (QED) is 0.144. The van der Waals surface area contributed by atoms with Gasteiger partial charge in [-0.25, -0.2) is 0 Å². The maximum Gasteiger partial charge on any atom is 0.255 e. The fourth-order valence-corrected chi connectivity index (χ4v) is 10.9. The van der Waals surface area contributed by atoms with Crippen molar-refractivity contribution in [3.05, 3.63) is 191 Å². The van der Waals surface area contributed by atoms with Crippen LogP contribution in [0.2, 0.25) is 0 Å². The predicted molar refractivity (Wildman–Crippen MR) is 277 cm³/mol. The van der Waals surface area contributed by atoms with Crippen molar-refractivity contribution in [2.45, 2.75) is 127 Å². The maximum absolute atomic E-state index is 13.3. The van der Waals surface area contributed by atoms with Crippen molar-refractivity contribution >= 4 is 34.3 Å². The lowest BCUT2D eigenvalue weighted by atomic mass is 9.77. The van der Waals surface area contributed by atoms with Crippen molar-refractivity contribution in [2.75, 3.05) is 10.6 Å². The van der Waals surface area contributed by atoms with E-state index in [-0.39, 0.29) is 11.8 Å². The van der Waals surface area contributed by atoms with Crippen molar-refractivity contribution in [1.82, 2.24) is 0 Å². The Morgan fingerprint density at radius 2 is 0.758 bits per heavy atom. The molecule has 0 aromatic heterocycles. The van der Waals surface area contributed by atoms with E-state index >= 15 is 0 Å². The van der Waals surface area contributed by atoms with Gasteiger partial charge in [-0.15, -0.1) is 0 Å². The molecule has 0 spiro atoms. The molecule has 2 fully saturated rings. The molecule has 0 bridgehead atoms. The predicted octanol–water partition coefficient (Wildman–Crippen LogP) is 17.2. The molecule has 0 unspecified atom stereocenters. The van der Waals surface area contributed by atoms with Crippen molar-refractivity contribution in [3.8, 4) is 22.3 Å². The molecule has 0 atom stereocenters. The van der Waals surface area contributed by atoms with E-state index < -0.39 is 0 Å². The average molecular weight is 871 g/mol. The van der Waals surface area contributed by atoms with Crippen molar-refractivity contribution in [2.24, 2.45) is 0 Å². The van der Waals surface area contributed by atoms with Crippen LogP contribution in [0.1, 0.15) is 170 Å². The molecule has 4 aliphatic rings. The highest BCUT2D eigenvalue weighted by atomic mass is 16.2. The van der Waals surface area contributed by atoms with Crippen LogP contribution >= 0.6 is 0 Å². The van der Waals surface area contributed by atoms with Crippen LogP contribution in [-0.2, 0) is 0 Å². The van der Waals surface area contributed by atoms with Crippen LogP contribution < -0.4 is 10.6 Å². The van der Waals surface area contributed by atoms with Gasteiger partial charge in [0.15, 0.2) is 0 Å². The monoisotopic (exact) mass is 871 g/mol. The Kier molecular flexibility index (Phi) is 15.2. The number of carbonyl (C=O) groups excluding carboxylic acids is 2. The first-order valence-corrected chi connectivity index (χ1v) is 25.2. The second-order valence-corrected chi connectivity index (χ2v) is 19.0. The van der Waals surface area contributed by atoms with Gasteiger partial charge >= 0.3 is 0 Å². The van der Waals surface area contributed by atoms with Gasteiger partial charge in [0.05, 0.1) is 5.69 Å². The summed E-state index contributed by atoms with van der Waals surface area (Å²) in [7, 11) is 0. The Morgan fingerprint density at radius 1 is 0.379 bits per heavy atom. The van der Waals surface area contributed by atoms with E-state index in [0.717, 1.165) is 42.6 Å². The van der Waals surface area contributed by atoms with Gasteiger partial charge in [0.2, 0.25) is 0 Å². The van der Waals surface area contributed by atoms with Crippen molar-refractivity contribution in [1.29, 1.82) is 0 Å². The lowest BCUT2D eigenvalue weighted by Gasteiger charge is -2.31. The fourth-order valence-electron chi connectivity index (χ4n) is 10.9. The zero-order valence-corrected chi connectivity index (χ0v) is 38.7. The van der Waals surface area contributed by atoms with Crippen molar-refractivity contribution in [3.63, 3.8) is 0 Å². The van der Waals surface area contributed by atoms with E-state index in [1.165, 1.54) is 146 Å². The third kappa shape index (κ3) is 11.0. The van der Waals surface area contributed by atoms with E-state index in [2.05, 4.69) is 108 Å². The van der Waals surface area contributed by atoms with Crippen LogP contribution in [0.25, 0.3) is 33.4 Å². The number of carbonyl (C=O) groups is 2. The van der Waals surface area contributed by atoms with Gasteiger partial charge in [0.1, 0.15) is 0 Å². The third-order valence-electron chi connectivity index (χ3n) is 14.5. The summed E-state index contributed by atoms with van der Waals surface area (Å²) in [6.07, 6.45) is 26.6. The molecule has 4 nitrogen and oxygen atoms in total. The van der Waals surface area contributed by atoms with Crippen LogP contribution in [0, 0.1) is 0 Å². The molecule has 6 aromatic carbocycles. The molecule has 6 aromatic rings. The number of hydrogen-bond acceptors (Lipinski definition) is 2. The van der Waals surface area contributed by atoms with Gasteiger partial charge in [-0.1, -0.05) is 148 Å². The molecule has 0 radical (unpaired) electrons. The molecule has 0 heterocycles. The summed E-state index contributed by atoms with van der Waals surface area (Å²) < 4.78 is 0. The van der Waals surface area contributed by atoms with E-state index in [1.807, 2.05) is 60.7 Å². The minimum atomic E-state index is -0.0432. The Balaban J connectivity index is 0.000000166. The maximum atomic E-state index is 13.3. The number of amides is 2. The summed E-state index contributed by atoms with van der Waals surface area (Å²) in [5.41, 5.74) is 16.3. The molecule has 336 valence electrons. The number of nitrogens with one attached hydrogen (secondary N) is 2. The van der Waals surface area contributed by atoms with Gasteiger partial charge in [0, 0.05) is 27.9 Å². The lowest BCUT2D eigenvalue weighted by Crippen LogP contribution is -2.19. The van der Waals surface area contributed by atoms with Crippen LogP contribution in [0.3, 0.4) is 0 Å². The van der Waals surface area contributed by atoms with Gasteiger partial charge in [-0.3, -0.25) is 9.59 Å². The molecule has 2 amide bonds. The van der Waals surface area contributed by atoms with Crippen LogP contribution in [0.15, 0.2) is 158 Å². The Hall–Kier alpha value is -6.26. The second kappa shape index (κ2) is 22.3. The highest BCUT2D eigenvalue weighted by Gasteiger charge is 2.28. The topological polar surface area (TPSA) is 58.2 Å². The van der Waals surface area contributed by atoms with Crippen LogP contribution in [0.4, 0.5) is 11.4 Å². The fraction of sp³-hybridized carbons (Fsp3) is 0.323. The molecule has 2 saturated carbocycles. The summed E-state index contributed by atoms with van der Waals surface area (Å²) in [5, 5.41) is 6.78. The Morgan fingerprint density at radius 3 is 1.15 bits per heavy atom. The zero-order chi connectivity index (χ0) is 44.9. The molecular weight excluding hydrogens is 805 g/mol. The number of anilines is 2. The molecule has 2 N–H and O–H groups in total. The third-order valence-corrected chi connectivity index (χ3v) is 14.5. The number of hydrogen-bond donors (Lipinski definition) is 2. The van der Waals surface area contributed by atoms with Gasteiger partial charge in [-0.05, 0) is 182 Å². The second-order valence-electron chi connectivity index (χ2n) is 19.0. The smallest absolute Gasteiger partial charge is 0.255 e. The first-order valence-electron chi connectivity index (χ1n) is 25.2. The molecule has 0 aliphatic heterocycles. The van der Waals surface area contributed by atoms with Crippen molar-refractivity contribution < 1.29 is 9.59 Å². The summed E-state index contributed by atoms with van der Waals surface area (Å²) in [5.74, 6) is 1.02. The largest absolute Gasteiger partial charge is 0.321 e. The lowest BCUT2D eigenvalue weighted by molar-refractivity contribution is 0.101. The molecule has 4 heteroatoms. The zero-order valence-electron chi connectivity index (χ0n) is 38.7. The highest BCUT2D eigenvalue weighted by Crippen LogP contribution is 2.46. The summed E-state index contributed by atoms with van der Waals surface area (Å²) in [6, 6.07) is 50.0. The summed E-state index contributed by atoms with van der Waals surface area (Å²) in [6.45, 7) is 0. The standard InChI is InChI=1S/C31H35NO.C31H31NO/c2*33-31(26-19-11-4-12-20-26)32-30-28(24-15-7-2-8-16-24)21-27(23-13-5-1-6-14-23)22-29(30)25-17-9-3-10-18-25/h1,4-6,11-14,19-22,24-25H,2-3,7-10,15-18H2,(H,32,33);1,4-6,11-15,17,19-22H,2-3,7-10,16,18H2,(H,32,33). The Labute approximate surface area is 393 Å². The molecule has 10 rings (SSSR count). The normalized spacial score (nSPS) is 16.8. The van der Waals surface area contributed by atoms with Crippen LogP contribution in [-0.4, -0.2) is 11.8 Å². The average Bonchev–Trinajstić information content (AvgIpc) is 3.41. The molecule has 66 heavy (non-hydrogen) atoms. The van der Waals surface area contributed by atoms with E-state index in [4.69, 9.17) is 0 Å². The summed E-state index contributed by atoms with van der Waals surface area (Å²) in [4.78, 5) is 26.6. The Bertz CT molecular complexity index is 2530. The number of allylic oxidation sites excluding steroid dienone is 4. The first kappa shape index (κ1) is 44.9. The SMILES string of the molecule is O=C(Nc1c(C2=CCCCC2)cc(-c2ccccc2)cc1C1=CCCCC1)c1ccccc1.O=C(Nc1c(C2CCCCC2)cc(-c2ccccc2)cc1C1CCCCC1)c1ccccc1. The van der Waals surface area contributed by atoms with E-state index in [1.54, 1.807) is 0 Å². The minimum absolute atomic E-state index is 0.0113. The van der Waals surface area contributed by atoms with E-state index in [9.17, 15) is 9.59 Å². The van der Waals surface area contributed by atoms with E-state index in [0.29, 0.717) is 17.4 Å². The minimum Gasteiger partial charge on any atom is -0.321 e. The number of benzene rings is 6. The molecule has 4 aliphatic carbocycles. The molecular formula is C62H66N2O2.